The van der Waals surface area contributed by atoms with Gasteiger partial charge in [-0.25, -0.2) is 0 Å². The first-order valence-electron chi connectivity index (χ1n) is 6.28. The van der Waals surface area contributed by atoms with Crippen molar-refractivity contribution < 1.29 is 28.8 Å². The van der Waals surface area contributed by atoms with Gasteiger partial charge >= 0.3 is 0 Å². The molecule has 104 valence electrons. The van der Waals surface area contributed by atoms with Gasteiger partial charge in [0, 0.05) is 0 Å². The van der Waals surface area contributed by atoms with Crippen molar-refractivity contribution in [2.24, 2.45) is 0 Å². The van der Waals surface area contributed by atoms with Crippen LogP contribution in [0.3, 0.4) is 0 Å². The summed E-state index contributed by atoms with van der Waals surface area (Å²) in [4.78, 5) is 0. The predicted molar refractivity (Wildman–Crippen MR) is 59.6 cm³/mol. The summed E-state index contributed by atoms with van der Waals surface area (Å²) in [5.74, 6) is -1.35. The molecule has 0 radical (unpaired) electrons. The van der Waals surface area contributed by atoms with Crippen molar-refractivity contribution in [2.45, 2.75) is 70.0 Å². The average molecular weight is 260 g/mol. The van der Waals surface area contributed by atoms with E-state index in [-0.39, 0.29) is 6.10 Å². The third-order valence-corrected chi connectivity index (χ3v) is 3.45. The van der Waals surface area contributed by atoms with Gasteiger partial charge in [-0.1, -0.05) is 0 Å². The van der Waals surface area contributed by atoms with Crippen LogP contribution in [-0.2, 0) is 23.7 Å². The molecule has 0 aromatic rings. The lowest BCUT2D eigenvalue weighted by Gasteiger charge is -2.26. The zero-order valence-corrected chi connectivity index (χ0v) is 11.1. The number of rotatable bonds is 1. The molecule has 0 saturated carbocycles. The third kappa shape index (κ3) is 2.07. The first-order valence-corrected chi connectivity index (χ1v) is 6.28. The van der Waals surface area contributed by atoms with Crippen LogP contribution in [0, 0.1) is 0 Å². The summed E-state index contributed by atoms with van der Waals surface area (Å²) in [5, 5.41) is 10.3. The molecular formula is C12H20O6. The summed E-state index contributed by atoms with van der Waals surface area (Å²) in [5.41, 5.74) is 0. The van der Waals surface area contributed by atoms with Crippen molar-refractivity contribution in [1.29, 1.82) is 0 Å². The molecule has 3 aliphatic rings. The highest BCUT2D eigenvalue weighted by Crippen LogP contribution is 2.40. The summed E-state index contributed by atoms with van der Waals surface area (Å²) >= 11 is 0. The van der Waals surface area contributed by atoms with E-state index >= 15 is 0 Å². The lowest BCUT2D eigenvalue weighted by molar-refractivity contribution is -0.232. The van der Waals surface area contributed by atoms with Crippen molar-refractivity contribution in [2.75, 3.05) is 6.61 Å². The Balaban J connectivity index is 1.68. The average Bonchev–Trinajstić information content (AvgIpc) is 2.81. The quantitative estimate of drug-likeness (QED) is 0.735. The minimum absolute atomic E-state index is 0.295. The number of fused-ring (bicyclic) bond motifs is 1. The van der Waals surface area contributed by atoms with Gasteiger partial charge in [0.25, 0.3) is 0 Å². The fourth-order valence-electron chi connectivity index (χ4n) is 2.70. The van der Waals surface area contributed by atoms with Crippen LogP contribution in [0.15, 0.2) is 0 Å². The lowest BCUT2D eigenvalue weighted by atomic mass is 10.1. The van der Waals surface area contributed by atoms with Crippen LogP contribution in [-0.4, -0.2) is 54.0 Å². The van der Waals surface area contributed by atoms with E-state index in [9.17, 15) is 5.11 Å². The largest absolute Gasteiger partial charge is 0.387 e. The second-order valence-corrected chi connectivity index (χ2v) is 5.93. The molecule has 0 spiro atoms. The number of hydrogen-bond donors (Lipinski definition) is 1. The maximum absolute atomic E-state index is 10.3. The normalized spacial score (nSPS) is 49.5. The van der Waals surface area contributed by atoms with Crippen molar-refractivity contribution >= 4 is 0 Å². The highest BCUT2D eigenvalue weighted by molar-refractivity contribution is 4.97. The zero-order chi connectivity index (χ0) is 13.1. The van der Waals surface area contributed by atoms with Gasteiger partial charge in [0.05, 0.1) is 6.61 Å². The first kappa shape index (κ1) is 12.8. The molecule has 6 heteroatoms. The van der Waals surface area contributed by atoms with Crippen LogP contribution < -0.4 is 0 Å². The minimum Gasteiger partial charge on any atom is -0.387 e. The van der Waals surface area contributed by atoms with Gasteiger partial charge in [-0.3, -0.25) is 0 Å². The fraction of sp³-hybridized carbons (Fsp3) is 1.00. The molecule has 0 aliphatic carbocycles. The van der Waals surface area contributed by atoms with E-state index in [0.29, 0.717) is 6.61 Å². The standard InChI is InChI=1S/C12H20O6/c1-11(2)14-5-6(16-11)8-7(13)9-10(15-8)18-12(3,4)17-9/h6-10,13H,5H2,1-4H3/t6?,7-,8-,9-,10-/m1/s1. The van der Waals surface area contributed by atoms with Crippen LogP contribution in [0.1, 0.15) is 27.7 Å². The van der Waals surface area contributed by atoms with Crippen LogP contribution in [0.25, 0.3) is 0 Å². The van der Waals surface area contributed by atoms with Gasteiger partial charge < -0.3 is 28.8 Å². The molecule has 1 unspecified atom stereocenters. The SMILES string of the molecule is CC1(C)OCC([C@H]2O[C@@H]3OC(C)(C)O[C@@H]3[C@@H]2O)O1. The molecule has 0 amide bonds. The Labute approximate surface area is 106 Å². The molecule has 5 atom stereocenters. The van der Waals surface area contributed by atoms with Gasteiger partial charge in [-0.2, -0.15) is 0 Å². The molecule has 3 aliphatic heterocycles. The summed E-state index contributed by atoms with van der Waals surface area (Å²) < 4.78 is 28.1. The lowest BCUT2D eigenvalue weighted by Crippen LogP contribution is -2.42. The topological polar surface area (TPSA) is 66.4 Å². The molecule has 0 aromatic heterocycles. The smallest absolute Gasteiger partial charge is 0.190 e. The molecule has 1 N–H and O–H groups in total. The zero-order valence-electron chi connectivity index (χ0n) is 11.1. The molecule has 0 aromatic carbocycles. The number of ether oxygens (including phenoxy) is 5. The summed E-state index contributed by atoms with van der Waals surface area (Å²) in [6.45, 7) is 7.68. The summed E-state index contributed by atoms with van der Waals surface area (Å²) in [6, 6.07) is 0. The van der Waals surface area contributed by atoms with E-state index in [1.807, 2.05) is 13.8 Å². The van der Waals surface area contributed by atoms with Crippen molar-refractivity contribution in [1.82, 2.24) is 0 Å². The van der Waals surface area contributed by atoms with Crippen LogP contribution in [0.4, 0.5) is 0 Å². The molecular weight excluding hydrogens is 240 g/mol. The Morgan fingerprint density at radius 1 is 0.944 bits per heavy atom. The van der Waals surface area contributed by atoms with Crippen molar-refractivity contribution in [3.63, 3.8) is 0 Å². The minimum atomic E-state index is -0.765. The van der Waals surface area contributed by atoms with E-state index in [2.05, 4.69) is 0 Å². The number of aliphatic hydroxyl groups excluding tert-OH is 1. The Bertz CT molecular complexity index is 341. The Kier molecular flexibility index (Phi) is 2.75. The Hall–Kier alpha value is -0.240. The maximum Gasteiger partial charge on any atom is 0.190 e. The van der Waals surface area contributed by atoms with Crippen molar-refractivity contribution in [3.8, 4) is 0 Å². The Morgan fingerprint density at radius 3 is 2.22 bits per heavy atom. The van der Waals surface area contributed by atoms with Crippen LogP contribution in [0.5, 0.6) is 0 Å². The van der Waals surface area contributed by atoms with E-state index in [4.69, 9.17) is 23.7 Å². The highest BCUT2D eigenvalue weighted by atomic mass is 16.8. The Morgan fingerprint density at radius 2 is 1.67 bits per heavy atom. The molecule has 3 saturated heterocycles. The third-order valence-electron chi connectivity index (χ3n) is 3.45. The van der Waals surface area contributed by atoms with Crippen LogP contribution >= 0.6 is 0 Å². The highest BCUT2D eigenvalue weighted by Gasteiger charge is 2.57. The summed E-state index contributed by atoms with van der Waals surface area (Å²) in [7, 11) is 0. The molecule has 3 fully saturated rings. The van der Waals surface area contributed by atoms with Gasteiger partial charge in [-0.05, 0) is 27.7 Å². The molecule has 18 heavy (non-hydrogen) atoms. The van der Waals surface area contributed by atoms with E-state index in [1.54, 1.807) is 13.8 Å². The van der Waals surface area contributed by atoms with E-state index < -0.39 is 36.2 Å². The van der Waals surface area contributed by atoms with Gasteiger partial charge in [-0.15, -0.1) is 0 Å². The molecule has 6 nitrogen and oxygen atoms in total. The second kappa shape index (κ2) is 3.88. The second-order valence-electron chi connectivity index (χ2n) is 5.93. The molecule has 3 rings (SSSR count). The monoisotopic (exact) mass is 260 g/mol. The van der Waals surface area contributed by atoms with E-state index in [0.717, 1.165) is 0 Å². The summed E-state index contributed by atoms with van der Waals surface area (Å²) in [6.07, 6.45) is -2.53. The van der Waals surface area contributed by atoms with Gasteiger partial charge in [0.15, 0.2) is 17.9 Å². The van der Waals surface area contributed by atoms with Gasteiger partial charge in [0.2, 0.25) is 0 Å². The predicted octanol–water partition coefficient (Wildman–Crippen LogP) is 0.375. The van der Waals surface area contributed by atoms with E-state index in [1.165, 1.54) is 0 Å². The maximum atomic E-state index is 10.3. The van der Waals surface area contributed by atoms with Crippen molar-refractivity contribution in [3.05, 3.63) is 0 Å². The first-order chi connectivity index (χ1) is 8.27. The number of aliphatic hydroxyl groups is 1. The number of hydrogen-bond acceptors (Lipinski definition) is 6. The van der Waals surface area contributed by atoms with Crippen LogP contribution in [0.2, 0.25) is 0 Å². The fourth-order valence-corrected chi connectivity index (χ4v) is 2.70. The molecule has 0 bridgehead atoms. The van der Waals surface area contributed by atoms with Gasteiger partial charge in [0.1, 0.15) is 24.4 Å². The molecule has 3 heterocycles.